The van der Waals surface area contributed by atoms with Gasteiger partial charge < -0.3 is 5.11 Å². The molecule has 101 valence electrons. The van der Waals surface area contributed by atoms with Gasteiger partial charge in [0.05, 0.1) is 12.2 Å². The second-order valence-corrected chi connectivity index (χ2v) is 4.46. The Morgan fingerprint density at radius 2 is 1.89 bits per heavy atom. The third-order valence-corrected chi connectivity index (χ3v) is 2.87. The highest BCUT2D eigenvalue weighted by Crippen LogP contribution is 2.32. The van der Waals surface area contributed by atoms with E-state index in [2.05, 4.69) is 0 Å². The van der Waals surface area contributed by atoms with Crippen molar-refractivity contribution < 1.29 is 18.3 Å². The maximum atomic E-state index is 12.8. The molecule has 0 spiro atoms. The molecular weight excluding hydrogens is 241 g/mol. The summed E-state index contributed by atoms with van der Waals surface area (Å²) in [6, 6.07) is 4.03. The van der Waals surface area contributed by atoms with Crippen molar-refractivity contribution in [2.24, 2.45) is 0 Å². The van der Waals surface area contributed by atoms with Crippen LogP contribution in [0, 0.1) is 5.92 Å². The summed E-state index contributed by atoms with van der Waals surface area (Å²) in [5, 5.41) is 9.03. The molecule has 0 aliphatic rings. The molecule has 0 aliphatic carbocycles. The summed E-state index contributed by atoms with van der Waals surface area (Å²) < 4.78 is 38.3. The van der Waals surface area contributed by atoms with Crippen LogP contribution >= 0.6 is 0 Å². The lowest BCUT2D eigenvalue weighted by molar-refractivity contribution is -0.137. The lowest BCUT2D eigenvalue weighted by Crippen LogP contribution is -2.09. The summed E-state index contributed by atoms with van der Waals surface area (Å²) in [4.78, 5) is 0. The molecule has 0 aromatic heterocycles. The predicted molar refractivity (Wildman–Crippen MR) is 65.2 cm³/mol. The summed E-state index contributed by atoms with van der Waals surface area (Å²) >= 11 is 0. The third kappa shape index (κ3) is 4.02. The second-order valence-electron chi connectivity index (χ2n) is 4.46. The van der Waals surface area contributed by atoms with Crippen LogP contribution in [0.5, 0.6) is 0 Å². The number of halogens is 3. The van der Waals surface area contributed by atoms with E-state index in [0.717, 1.165) is 18.9 Å². The average Bonchev–Trinajstić information content (AvgIpc) is 2.33. The summed E-state index contributed by atoms with van der Waals surface area (Å²) in [6.07, 6.45) is -1.91. The number of benzene rings is 1. The molecule has 0 aliphatic heterocycles. The van der Waals surface area contributed by atoms with Gasteiger partial charge in [-0.2, -0.15) is 13.2 Å². The minimum absolute atomic E-state index is 0.228. The Kier molecular flexibility index (Phi) is 5.20. The first-order valence-electron chi connectivity index (χ1n) is 6.03. The Bertz CT molecular complexity index is 385. The second kappa shape index (κ2) is 6.23. The lowest BCUT2D eigenvalue weighted by atomic mass is 9.95. The molecular formula is C14H18F3O. The van der Waals surface area contributed by atoms with Gasteiger partial charge in [0, 0.05) is 5.92 Å². The number of alkyl halides is 3. The number of unbranched alkanes of at least 4 members (excludes halogenated alkanes) is 1. The van der Waals surface area contributed by atoms with Gasteiger partial charge in [0.1, 0.15) is 0 Å². The van der Waals surface area contributed by atoms with Gasteiger partial charge in [-0.25, -0.2) is 0 Å². The van der Waals surface area contributed by atoms with Crippen LogP contribution in [0.3, 0.4) is 0 Å². The minimum Gasteiger partial charge on any atom is -0.395 e. The normalized spacial score (nSPS) is 12.2. The SMILES string of the molecule is CCCCc1cc([C](C)CO)cc(C(F)(F)F)c1. The highest BCUT2D eigenvalue weighted by atomic mass is 19.4. The first-order chi connectivity index (χ1) is 8.38. The van der Waals surface area contributed by atoms with Crippen molar-refractivity contribution >= 4 is 0 Å². The Labute approximate surface area is 106 Å². The van der Waals surface area contributed by atoms with Crippen molar-refractivity contribution in [3.8, 4) is 0 Å². The smallest absolute Gasteiger partial charge is 0.395 e. The molecule has 1 aromatic rings. The van der Waals surface area contributed by atoms with Gasteiger partial charge in [-0.1, -0.05) is 26.3 Å². The monoisotopic (exact) mass is 259 g/mol. The van der Waals surface area contributed by atoms with E-state index in [1.165, 1.54) is 6.07 Å². The predicted octanol–water partition coefficient (Wildman–Crippen LogP) is 3.98. The maximum Gasteiger partial charge on any atom is 0.416 e. The number of aryl methyl sites for hydroxylation is 1. The molecule has 18 heavy (non-hydrogen) atoms. The Morgan fingerprint density at radius 3 is 2.39 bits per heavy atom. The standard InChI is InChI=1S/C14H18F3O/c1-3-4-5-11-6-12(10(2)9-18)8-13(7-11)14(15,16)17/h6-8,18H,3-5,9H2,1-2H3. The van der Waals surface area contributed by atoms with E-state index >= 15 is 0 Å². The fourth-order valence-electron chi connectivity index (χ4n) is 1.72. The van der Waals surface area contributed by atoms with Crippen LogP contribution in [-0.4, -0.2) is 11.7 Å². The molecule has 1 nitrogen and oxygen atoms in total. The third-order valence-electron chi connectivity index (χ3n) is 2.87. The van der Waals surface area contributed by atoms with E-state index < -0.39 is 11.7 Å². The average molecular weight is 259 g/mol. The van der Waals surface area contributed by atoms with Gasteiger partial charge in [0.25, 0.3) is 0 Å². The lowest BCUT2D eigenvalue weighted by Gasteiger charge is -2.15. The van der Waals surface area contributed by atoms with E-state index in [4.69, 9.17) is 5.11 Å². The molecule has 0 heterocycles. The molecule has 0 bridgehead atoms. The van der Waals surface area contributed by atoms with Crippen molar-refractivity contribution in [1.29, 1.82) is 0 Å². The summed E-state index contributed by atoms with van der Waals surface area (Å²) in [7, 11) is 0. The first-order valence-corrected chi connectivity index (χ1v) is 6.03. The summed E-state index contributed by atoms with van der Waals surface area (Å²) in [5.74, 6) is 0.554. The highest BCUT2D eigenvalue weighted by molar-refractivity contribution is 5.39. The quantitative estimate of drug-likeness (QED) is 0.848. The number of hydrogen-bond acceptors (Lipinski definition) is 1. The van der Waals surface area contributed by atoms with Crippen LogP contribution in [0.2, 0.25) is 0 Å². The largest absolute Gasteiger partial charge is 0.416 e. The number of aliphatic hydroxyl groups excluding tert-OH is 1. The Balaban J connectivity index is 3.12. The van der Waals surface area contributed by atoms with Crippen LogP contribution in [-0.2, 0) is 12.6 Å². The van der Waals surface area contributed by atoms with Crippen molar-refractivity contribution in [2.75, 3.05) is 6.61 Å². The van der Waals surface area contributed by atoms with Crippen molar-refractivity contribution in [3.63, 3.8) is 0 Å². The number of hydrogen-bond donors (Lipinski definition) is 1. The van der Waals surface area contributed by atoms with Crippen LogP contribution in [0.4, 0.5) is 13.2 Å². The van der Waals surface area contributed by atoms with Crippen molar-refractivity contribution in [2.45, 2.75) is 39.3 Å². The molecule has 0 saturated heterocycles. The van der Waals surface area contributed by atoms with Gasteiger partial charge >= 0.3 is 6.18 Å². The molecule has 0 fully saturated rings. The molecule has 0 amide bonds. The zero-order valence-corrected chi connectivity index (χ0v) is 10.6. The Hall–Kier alpha value is -1.03. The van der Waals surface area contributed by atoms with Gasteiger partial charge in [-0.15, -0.1) is 0 Å². The molecule has 0 atom stereocenters. The molecule has 0 saturated carbocycles. The maximum absolute atomic E-state index is 12.8. The summed E-state index contributed by atoms with van der Waals surface area (Å²) in [5.41, 5.74) is 0.506. The van der Waals surface area contributed by atoms with Crippen molar-refractivity contribution in [3.05, 3.63) is 40.8 Å². The topological polar surface area (TPSA) is 20.2 Å². The van der Waals surface area contributed by atoms with Gasteiger partial charge in [0.15, 0.2) is 0 Å². The van der Waals surface area contributed by atoms with E-state index in [1.807, 2.05) is 6.92 Å². The van der Waals surface area contributed by atoms with E-state index in [1.54, 1.807) is 13.0 Å². The fraction of sp³-hybridized carbons (Fsp3) is 0.500. The number of rotatable bonds is 5. The van der Waals surface area contributed by atoms with E-state index in [0.29, 0.717) is 23.5 Å². The first kappa shape index (κ1) is 15.0. The highest BCUT2D eigenvalue weighted by Gasteiger charge is 2.31. The Morgan fingerprint density at radius 1 is 1.22 bits per heavy atom. The van der Waals surface area contributed by atoms with Crippen LogP contribution in [0.1, 0.15) is 43.4 Å². The van der Waals surface area contributed by atoms with Gasteiger partial charge in [-0.3, -0.25) is 0 Å². The van der Waals surface area contributed by atoms with Crippen LogP contribution < -0.4 is 0 Å². The van der Waals surface area contributed by atoms with Crippen LogP contribution in [0.25, 0.3) is 0 Å². The molecule has 0 unspecified atom stereocenters. The van der Waals surface area contributed by atoms with Gasteiger partial charge in [-0.05, 0) is 36.1 Å². The zero-order valence-electron chi connectivity index (χ0n) is 10.6. The molecule has 4 heteroatoms. The van der Waals surface area contributed by atoms with E-state index in [-0.39, 0.29) is 6.61 Å². The van der Waals surface area contributed by atoms with Crippen LogP contribution in [0.15, 0.2) is 18.2 Å². The summed E-state index contributed by atoms with van der Waals surface area (Å²) in [6.45, 7) is 3.41. The fourth-order valence-corrected chi connectivity index (χ4v) is 1.72. The van der Waals surface area contributed by atoms with E-state index in [9.17, 15) is 13.2 Å². The minimum atomic E-state index is -4.34. The molecule has 1 rings (SSSR count). The number of aliphatic hydroxyl groups is 1. The zero-order chi connectivity index (χ0) is 13.8. The molecule has 1 radical (unpaired) electrons. The molecule has 1 N–H and O–H groups in total. The molecule has 1 aromatic carbocycles. The van der Waals surface area contributed by atoms with Crippen molar-refractivity contribution in [1.82, 2.24) is 0 Å². The van der Waals surface area contributed by atoms with Gasteiger partial charge in [0.2, 0.25) is 0 Å².